The lowest BCUT2D eigenvalue weighted by Gasteiger charge is -2.19. The lowest BCUT2D eigenvalue weighted by atomic mass is 10.0. The topological polar surface area (TPSA) is 87.6 Å². The van der Waals surface area contributed by atoms with Crippen LogP contribution in [0.25, 0.3) is 0 Å². The van der Waals surface area contributed by atoms with Gasteiger partial charge in [0.25, 0.3) is 0 Å². The number of benzene rings is 2. The molecule has 2 aromatic carbocycles. The van der Waals surface area contributed by atoms with Gasteiger partial charge in [0.05, 0.1) is 18.6 Å². The van der Waals surface area contributed by atoms with Gasteiger partial charge < -0.3 is 24.3 Å². The lowest BCUT2D eigenvalue weighted by Crippen LogP contribution is -2.25. The summed E-state index contributed by atoms with van der Waals surface area (Å²) in [5.74, 6) is 0.0606. The zero-order chi connectivity index (χ0) is 20.4. The molecule has 1 aromatic heterocycles. The molecule has 1 aliphatic rings. The highest BCUT2D eigenvalue weighted by Gasteiger charge is 2.28. The summed E-state index contributed by atoms with van der Waals surface area (Å²) in [6.07, 6.45) is 1.24. The van der Waals surface area contributed by atoms with E-state index in [2.05, 4.69) is 23.0 Å². The highest BCUT2D eigenvalue weighted by molar-refractivity contribution is 5.88. The van der Waals surface area contributed by atoms with Crippen LogP contribution in [0.2, 0.25) is 0 Å². The van der Waals surface area contributed by atoms with Crippen molar-refractivity contribution in [2.45, 2.75) is 19.4 Å². The zero-order valence-electron chi connectivity index (χ0n) is 16.2. The Morgan fingerprint density at radius 2 is 1.97 bits per heavy atom. The van der Waals surface area contributed by atoms with Crippen LogP contribution in [0, 0.1) is 0 Å². The van der Waals surface area contributed by atoms with Gasteiger partial charge in [0.15, 0.2) is 0 Å². The van der Waals surface area contributed by atoms with E-state index in [1.165, 1.54) is 11.8 Å². The lowest BCUT2D eigenvalue weighted by molar-refractivity contribution is -0.255. The number of rotatable bonds is 6. The third-order valence-electron chi connectivity index (χ3n) is 4.95. The number of nitrogens with zero attached hydrogens (tertiary/aromatic N) is 3. The summed E-state index contributed by atoms with van der Waals surface area (Å²) < 4.78 is 10.9. The molecule has 4 rings (SSSR count). The molecular weight excluding hydrogens is 370 g/mol. The van der Waals surface area contributed by atoms with E-state index in [9.17, 15) is 9.90 Å². The number of para-hydroxylation sites is 1. The Balaban J connectivity index is 1.62. The summed E-state index contributed by atoms with van der Waals surface area (Å²) in [5, 5.41) is 11.5. The Labute approximate surface area is 168 Å². The molecule has 0 radical (unpaired) electrons. The second kappa shape index (κ2) is 7.79. The monoisotopic (exact) mass is 390 g/mol. The molecule has 0 bridgehead atoms. The third kappa shape index (κ3) is 3.71. The summed E-state index contributed by atoms with van der Waals surface area (Å²) in [4.78, 5) is 22.1. The smallest absolute Gasteiger partial charge is 0.233 e. The zero-order valence-corrected chi connectivity index (χ0v) is 16.2. The van der Waals surface area contributed by atoms with E-state index in [0.717, 1.165) is 17.0 Å². The van der Waals surface area contributed by atoms with Crippen molar-refractivity contribution in [1.29, 1.82) is 0 Å². The number of hydrogen-bond acceptors (Lipinski definition) is 7. The van der Waals surface area contributed by atoms with E-state index in [1.54, 1.807) is 7.11 Å². The number of methoxy groups -OCH3 is 1. The second-order valence-electron chi connectivity index (χ2n) is 6.88. The number of ether oxygens (including phenoxy) is 2. The first-order chi connectivity index (χ1) is 14.1. The molecule has 7 nitrogen and oxygen atoms in total. The van der Waals surface area contributed by atoms with E-state index in [4.69, 9.17) is 9.47 Å². The van der Waals surface area contributed by atoms with Crippen molar-refractivity contribution in [1.82, 2.24) is 9.97 Å². The first-order valence-electron chi connectivity index (χ1n) is 9.27. The maximum Gasteiger partial charge on any atom is 0.233 e. The Morgan fingerprint density at radius 3 is 2.69 bits per heavy atom. The minimum absolute atomic E-state index is 0.0112. The predicted octanol–water partition coefficient (Wildman–Crippen LogP) is 2.68. The highest BCUT2D eigenvalue weighted by Crippen LogP contribution is 2.39. The summed E-state index contributed by atoms with van der Waals surface area (Å²) in [7, 11) is 1.59. The number of hydrogen-bond donors (Lipinski definition) is 0. The molecule has 2 heterocycles. The molecule has 148 valence electrons. The van der Waals surface area contributed by atoms with Gasteiger partial charge in [-0.15, -0.1) is 0 Å². The van der Waals surface area contributed by atoms with Gasteiger partial charge in [-0.25, -0.2) is 4.98 Å². The van der Waals surface area contributed by atoms with Crippen molar-refractivity contribution in [2.75, 3.05) is 18.6 Å². The third-order valence-corrected chi connectivity index (χ3v) is 4.95. The largest absolute Gasteiger partial charge is 0.545 e. The van der Waals surface area contributed by atoms with Crippen molar-refractivity contribution in [3.05, 3.63) is 71.4 Å². The fourth-order valence-corrected chi connectivity index (χ4v) is 3.42. The molecule has 29 heavy (non-hydrogen) atoms. The first kappa shape index (κ1) is 18.7. The van der Waals surface area contributed by atoms with Crippen LogP contribution in [0.3, 0.4) is 0 Å². The minimum Gasteiger partial charge on any atom is -0.545 e. The average molecular weight is 390 g/mol. The standard InChI is InChI=1S/C22H21N3O4/c1-14-12-25(19-6-4-3-5-17(14)19)22-23-11-18(21(26)27)20(24-22)29-13-15-7-9-16(28-2)10-8-15/h3-11,14H,12-13H2,1-2H3,(H,26,27)/p-1. The second-order valence-corrected chi connectivity index (χ2v) is 6.88. The molecule has 0 amide bonds. The maximum absolute atomic E-state index is 11.5. The van der Waals surface area contributed by atoms with Crippen LogP contribution in [0.1, 0.15) is 34.3 Å². The molecular formula is C22H20N3O4-. The van der Waals surface area contributed by atoms with Crippen LogP contribution < -0.4 is 19.5 Å². The number of fused-ring (bicyclic) bond motifs is 1. The summed E-state index contributed by atoms with van der Waals surface area (Å²) in [5.41, 5.74) is 2.90. The molecule has 0 fully saturated rings. The van der Waals surface area contributed by atoms with E-state index < -0.39 is 5.97 Å². The van der Waals surface area contributed by atoms with Gasteiger partial charge in [-0.3, -0.25) is 0 Å². The van der Waals surface area contributed by atoms with Gasteiger partial charge in [-0.2, -0.15) is 4.98 Å². The number of aromatic carboxylic acids is 1. The fraction of sp³-hybridized carbons (Fsp3) is 0.227. The summed E-state index contributed by atoms with van der Waals surface area (Å²) >= 11 is 0. The molecule has 0 N–H and O–H groups in total. The molecule has 0 aliphatic carbocycles. The molecule has 3 aromatic rings. The molecule has 0 saturated carbocycles. The van der Waals surface area contributed by atoms with Crippen LogP contribution in [0.15, 0.2) is 54.7 Å². The number of carbonyl (C=O) groups excluding carboxylic acids is 1. The van der Waals surface area contributed by atoms with E-state index in [0.29, 0.717) is 18.4 Å². The van der Waals surface area contributed by atoms with Gasteiger partial charge in [0.2, 0.25) is 11.8 Å². The summed E-state index contributed by atoms with van der Waals surface area (Å²) in [6.45, 7) is 3.01. The number of anilines is 2. The van der Waals surface area contributed by atoms with E-state index in [-0.39, 0.29) is 18.1 Å². The fourth-order valence-electron chi connectivity index (χ4n) is 3.42. The Bertz CT molecular complexity index is 1040. The van der Waals surface area contributed by atoms with Gasteiger partial charge in [-0.05, 0) is 29.3 Å². The number of carbonyl (C=O) groups is 1. The average Bonchev–Trinajstić information content (AvgIpc) is 3.09. The van der Waals surface area contributed by atoms with Gasteiger partial charge in [0.1, 0.15) is 12.4 Å². The van der Waals surface area contributed by atoms with Crippen molar-refractivity contribution in [3.63, 3.8) is 0 Å². The summed E-state index contributed by atoms with van der Waals surface area (Å²) in [6, 6.07) is 15.4. The van der Waals surface area contributed by atoms with Crippen molar-refractivity contribution < 1.29 is 19.4 Å². The molecule has 0 spiro atoms. The van der Waals surface area contributed by atoms with Gasteiger partial charge in [-0.1, -0.05) is 37.3 Å². The highest BCUT2D eigenvalue weighted by atomic mass is 16.5. The van der Waals surface area contributed by atoms with Crippen LogP contribution in [0.4, 0.5) is 11.6 Å². The maximum atomic E-state index is 11.5. The predicted molar refractivity (Wildman–Crippen MR) is 106 cm³/mol. The van der Waals surface area contributed by atoms with E-state index in [1.807, 2.05) is 47.4 Å². The van der Waals surface area contributed by atoms with Crippen LogP contribution in [0.5, 0.6) is 11.6 Å². The quantitative estimate of drug-likeness (QED) is 0.639. The molecule has 1 atom stereocenters. The van der Waals surface area contributed by atoms with Crippen LogP contribution in [-0.2, 0) is 6.61 Å². The van der Waals surface area contributed by atoms with Crippen molar-refractivity contribution >= 4 is 17.6 Å². The van der Waals surface area contributed by atoms with Crippen molar-refractivity contribution in [2.24, 2.45) is 0 Å². The Morgan fingerprint density at radius 1 is 1.21 bits per heavy atom. The van der Waals surface area contributed by atoms with Crippen LogP contribution in [-0.4, -0.2) is 29.6 Å². The minimum atomic E-state index is -1.38. The number of carboxylic acids is 1. The van der Waals surface area contributed by atoms with Crippen molar-refractivity contribution in [3.8, 4) is 11.6 Å². The normalized spacial score (nSPS) is 15.1. The van der Waals surface area contributed by atoms with Crippen LogP contribution >= 0.6 is 0 Å². The number of carboxylic acid groups (broad SMARTS) is 1. The van der Waals surface area contributed by atoms with E-state index >= 15 is 0 Å². The Hall–Kier alpha value is -3.61. The number of aromatic nitrogens is 2. The first-order valence-corrected chi connectivity index (χ1v) is 9.27. The molecule has 1 unspecified atom stereocenters. The Kier molecular flexibility index (Phi) is 5.03. The molecule has 7 heteroatoms. The SMILES string of the molecule is COc1ccc(COc2nc(N3CC(C)c4ccccc43)ncc2C(=O)[O-])cc1. The van der Waals surface area contributed by atoms with Gasteiger partial charge in [0, 0.05) is 24.3 Å². The molecule has 1 aliphatic heterocycles. The van der Waals surface area contributed by atoms with Gasteiger partial charge >= 0.3 is 0 Å². The molecule has 0 saturated heterocycles.